The number of piperazine rings is 1. The Labute approximate surface area is 163 Å². The van der Waals surface area contributed by atoms with E-state index in [9.17, 15) is 4.79 Å². The highest BCUT2D eigenvalue weighted by Crippen LogP contribution is 2.24. The van der Waals surface area contributed by atoms with Crippen molar-refractivity contribution in [1.82, 2.24) is 19.8 Å². The van der Waals surface area contributed by atoms with Gasteiger partial charge in [-0.15, -0.1) is 0 Å². The highest BCUT2D eigenvalue weighted by Gasteiger charge is 2.23. The van der Waals surface area contributed by atoms with Gasteiger partial charge in [0.2, 0.25) is 0 Å². The van der Waals surface area contributed by atoms with Gasteiger partial charge in [-0.3, -0.25) is 9.69 Å². The molecule has 28 heavy (non-hydrogen) atoms. The van der Waals surface area contributed by atoms with Crippen LogP contribution in [0, 0.1) is 0 Å². The van der Waals surface area contributed by atoms with Crippen LogP contribution in [-0.2, 0) is 6.54 Å². The zero-order valence-corrected chi connectivity index (χ0v) is 16.1. The van der Waals surface area contributed by atoms with Crippen LogP contribution in [0.5, 0.6) is 11.5 Å². The fourth-order valence-corrected chi connectivity index (χ4v) is 3.51. The first-order valence-electron chi connectivity index (χ1n) is 9.34. The molecule has 1 aliphatic heterocycles. The molecule has 0 bridgehead atoms. The molecule has 1 amide bonds. The highest BCUT2D eigenvalue weighted by molar-refractivity contribution is 5.95. The average molecular weight is 380 g/mol. The molecule has 4 rings (SSSR count). The number of para-hydroxylation sites is 2. The second-order valence-electron chi connectivity index (χ2n) is 6.87. The first-order valence-corrected chi connectivity index (χ1v) is 9.34. The summed E-state index contributed by atoms with van der Waals surface area (Å²) in [6, 6.07) is 13.3. The Morgan fingerprint density at radius 3 is 2.36 bits per heavy atom. The first-order chi connectivity index (χ1) is 13.7. The number of hydrogen-bond acceptors (Lipinski definition) is 5. The number of nitrogens with one attached hydrogen (secondary N) is 1. The smallest absolute Gasteiger partial charge is 0.254 e. The van der Waals surface area contributed by atoms with Gasteiger partial charge in [-0.1, -0.05) is 12.1 Å². The second kappa shape index (κ2) is 7.90. The maximum Gasteiger partial charge on any atom is 0.254 e. The fourth-order valence-electron chi connectivity index (χ4n) is 3.51. The maximum absolute atomic E-state index is 12.9. The number of methoxy groups -OCH3 is 2. The van der Waals surface area contributed by atoms with Crippen molar-refractivity contribution in [2.75, 3.05) is 40.4 Å². The van der Waals surface area contributed by atoms with Crippen molar-refractivity contribution in [2.24, 2.45) is 0 Å². The van der Waals surface area contributed by atoms with E-state index < -0.39 is 0 Å². The molecule has 7 nitrogen and oxygen atoms in total. The summed E-state index contributed by atoms with van der Waals surface area (Å²) in [7, 11) is 3.17. The van der Waals surface area contributed by atoms with Crippen molar-refractivity contribution < 1.29 is 14.3 Å². The monoisotopic (exact) mass is 380 g/mol. The summed E-state index contributed by atoms with van der Waals surface area (Å²) in [6.07, 6.45) is 0. The number of carbonyl (C=O) groups is 1. The van der Waals surface area contributed by atoms with Gasteiger partial charge in [0, 0.05) is 37.8 Å². The van der Waals surface area contributed by atoms with E-state index in [0.29, 0.717) is 30.2 Å². The fraction of sp³-hybridized carbons (Fsp3) is 0.333. The molecule has 1 N–H and O–H groups in total. The predicted molar refractivity (Wildman–Crippen MR) is 107 cm³/mol. The van der Waals surface area contributed by atoms with Gasteiger partial charge < -0.3 is 19.4 Å². The number of aromatic amines is 1. The van der Waals surface area contributed by atoms with E-state index >= 15 is 0 Å². The molecular weight excluding hydrogens is 356 g/mol. The van der Waals surface area contributed by atoms with E-state index in [2.05, 4.69) is 14.9 Å². The molecule has 0 atom stereocenters. The van der Waals surface area contributed by atoms with Crippen molar-refractivity contribution in [3.05, 3.63) is 53.9 Å². The lowest BCUT2D eigenvalue weighted by Gasteiger charge is -2.34. The molecule has 1 saturated heterocycles. The molecule has 1 fully saturated rings. The topological polar surface area (TPSA) is 70.7 Å². The quantitative estimate of drug-likeness (QED) is 0.737. The van der Waals surface area contributed by atoms with Crippen molar-refractivity contribution >= 4 is 16.9 Å². The Morgan fingerprint density at radius 1 is 1.04 bits per heavy atom. The van der Waals surface area contributed by atoms with Crippen LogP contribution in [0.2, 0.25) is 0 Å². The second-order valence-corrected chi connectivity index (χ2v) is 6.87. The van der Waals surface area contributed by atoms with E-state index in [0.717, 1.165) is 36.5 Å². The van der Waals surface area contributed by atoms with Gasteiger partial charge in [-0.05, 0) is 24.3 Å². The standard InChI is InChI=1S/C21H24N4O3/c1-27-16-11-15(12-17(13-16)28-2)21(26)25-9-7-24(8-10-25)14-20-22-18-5-3-4-6-19(18)23-20/h3-6,11-13H,7-10,14H2,1-2H3,(H,22,23). The number of nitrogens with zero attached hydrogens (tertiary/aromatic N) is 3. The van der Waals surface area contributed by atoms with Crippen molar-refractivity contribution in [3.63, 3.8) is 0 Å². The van der Waals surface area contributed by atoms with Gasteiger partial charge in [0.05, 0.1) is 31.8 Å². The average Bonchev–Trinajstić information content (AvgIpc) is 3.15. The summed E-state index contributed by atoms with van der Waals surface area (Å²) in [5.41, 5.74) is 2.62. The van der Waals surface area contributed by atoms with E-state index in [1.54, 1.807) is 32.4 Å². The van der Waals surface area contributed by atoms with Gasteiger partial charge in [-0.25, -0.2) is 4.98 Å². The summed E-state index contributed by atoms with van der Waals surface area (Å²) in [6.45, 7) is 3.73. The molecule has 1 aromatic heterocycles. The van der Waals surface area contributed by atoms with Crippen LogP contribution in [0.4, 0.5) is 0 Å². The predicted octanol–water partition coefficient (Wildman–Crippen LogP) is 2.54. The molecule has 146 valence electrons. The first kappa shape index (κ1) is 18.3. The van der Waals surface area contributed by atoms with Gasteiger partial charge in [0.1, 0.15) is 17.3 Å². The molecule has 0 spiro atoms. The molecular formula is C21H24N4O3. The van der Waals surface area contributed by atoms with Crippen LogP contribution < -0.4 is 9.47 Å². The van der Waals surface area contributed by atoms with Crippen LogP contribution >= 0.6 is 0 Å². The summed E-state index contributed by atoms with van der Waals surface area (Å²) < 4.78 is 10.5. The number of ether oxygens (including phenoxy) is 2. The molecule has 3 aromatic rings. The Balaban J connectivity index is 1.39. The van der Waals surface area contributed by atoms with Crippen molar-refractivity contribution in [2.45, 2.75) is 6.54 Å². The zero-order valence-electron chi connectivity index (χ0n) is 16.1. The van der Waals surface area contributed by atoms with Crippen LogP contribution in [0.1, 0.15) is 16.2 Å². The summed E-state index contributed by atoms with van der Waals surface area (Å²) in [5, 5.41) is 0. The number of benzene rings is 2. The van der Waals surface area contributed by atoms with Crippen LogP contribution in [0.25, 0.3) is 11.0 Å². The number of carbonyl (C=O) groups excluding carboxylic acids is 1. The SMILES string of the molecule is COc1cc(OC)cc(C(=O)N2CCN(Cc3nc4ccccc4[nH]3)CC2)c1. The maximum atomic E-state index is 12.9. The number of fused-ring (bicyclic) bond motifs is 1. The molecule has 1 aliphatic rings. The third-order valence-electron chi connectivity index (χ3n) is 5.07. The van der Waals surface area contributed by atoms with E-state index in [4.69, 9.17) is 9.47 Å². The number of aromatic nitrogens is 2. The minimum Gasteiger partial charge on any atom is -0.497 e. The number of imidazole rings is 1. The Morgan fingerprint density at radius 2 is 1.71 bits per heavy atom. The minimum absolute atomic E-state index is 0.000544. The summed E-state index contributed by atoms with van der Waals surface area (Å²) >= 11 is 0. The third kappa shape index (κ3) is 3.80. The van der Waals surface area contributed by atoms with Crippen molar-refractivity contribution in [1.29, 1.82) is 0 Å². The van der Waals surface area contributed by atoms with Gasteiger partial charge in [0.15, 0.2) is 0 Å². The molecule has 2 aromatic carbocycles. The molecule has 0 aliphatic carbocycles. The van der Waals surface area contributed by atoms with Gasteiger partial charge in [0.25, 0.3) is 5.91 Å². The zero-order chi connectivity index (χ0) is 19.5. The van der Waals surface area contributed by atoms with Crippen LogP contribution in [-0.4, -0.2) is 66.1 Å². The molecule has 7 heteroatoms. The normalized spacial score (nSPS) is 15.0. The molecule has 0 unspecified atom stereocenters. The summed E-state index contributed by atoms with van der Waals surface area (Å²) in [4.78, 5) is 25.1. The van der Waals surface area contributed by atoms with Gasteiger partial charge in [-0.2, -0.15) is 0 Å². The highest BCUT2D eigenvalue weighted by atomic mass is 16.5. The lowest BCUT2D eigenvalue weighted by Crippen LogP contribution is -2.48. The van der Waals surface area contributed by atoms with E-state index in [1.165, 1.54) is 0 Å². The Hall–Kier alpha value is -3.06. The molecule has 2 heterocycles. The van der Waals surface area contributed by atoms with Crippen LogP contribution in [0.15, 0.2) is 42.5 Å². The lowest BCUT2D eigenvalue weighted by atomic mass is 10.1. The van der Waals surface area contributed by atoms with E-state index in [-0.39, 0.29) is 5.91 Å². The number of H-pyrrole nitrogens is 1. The number of hydrogen-bond donors (Lipinski definition) is 1. The number of amides is 1. The van der Waals surface area contributed by atoms with Crippen molar-refractivity contribution in [3.8, 4) is 11.5 Å². The third-order valence-corrected chi connectivity index (χ3v) is 5.07. The molecule has 0 saturated carbocycles. The Kier molecular flexibility index (Phi) is 5.16. The number of rotatable bonds is 5. The minimum atomic E-state index is 0.000544. The Bertz CT molecular complexity index is 921. The van der Waals surface area contributed by atoms with Gasteiger partial charge >= 0.3 is 0 Å². The molecule has 0 radical (unpaired) electrons. The van der Waals surface area contributed by atoms with E-state index in [1.807, 2.05) is 29.2 Å². The largest absolute Gasteiger partial charge is 0.497 e. The summed E-state index contributed by atoms with van der Waals surface area (Å²) in [5.74, 6) is 2.19. The van der Waals surface area contributed by atoms with Crippen LogP contribution in [0.3, 0.4) is 0 Å². The lowest BCUT2D eigenvalue weighted by molar-refractivity contribution is 0.0625.